The fraction of sp³-hybridized carbons (Fsp3) is 0.481. The minimum absolute atomic E-state index is 0.129. The summed E-state index contributed by atoms with van der Waals surface area (Å²) in [6.45, 7) is 5.82. The molecule has 184 valence electrons. The first-order chi connectivity index (χ1) is 16.3. The Balaban J connectivity index is 1.82. The van der Waals surface area contributed by atoms with E-state index in [0.29, 0.717) is 27.8 Å². The molecule has 2 aromatic rings. The van der Waals surface area contributed by atoms with Gasteiger partial charge in [-0.2, -0.15) is 0 Å². The standard InChI is InChI=1S/C27H34Cl2N2O3/c1-4-25(27(33)30-20-9-6-5-7-10-20)31(16-22-23(28)11-8-12-24(22)29)26(32)17-34-21-14-18(2)13-19(3)15-21/h8,11-15,20,25H,4-7,9-10,16-17H2,1-3H3,(H,30,33)/t25-/m0/s1. The number of hydrogen-bond acceptors (Lipinski definition) is 3. The molecule has 1 saturated carbocycles. The van der Waals surface area contributed by atoms with E-state index in [1.165, 1.54) is 6.42 Å². The summed E-state index contributed by atoms with van der Waals surface area (Å²) < 4.78 is 5.84. The van der Waals surface area contributed by atoms with Crippen molar-refractivity contribution in [3.05, 3.63) is 63.1 Å². The predicted molar refractivity (Wildman–Crippen MR) is 138 cm³/mol. The number of rotatable bonds is 9. The number of nitrogens with one attached hydrogen (secondary N) is 1. The molecule has 0 unspecified atom stereocenters. The number of hydrogen-bond donors (Lipinski definition) is 1. The molecule has 2 aromatic carbocycles. The van der Waals surface area contributed by atoms with Crippen LogP contribution in [0.15, 0.2) is 36.4 Å². The first-order valence-corrected chi connectivity index (χ1v) is 12.8. The van der Waals surface area contributed by atoms with Gasteiger partial charge in [-0.25, -0.2) is 0 Å². The van der Waals surface area contributed by atoms with Crippen LogP contribution in [0.4, 0.5) is 0 Å². The summed E-state index contributed by atoms with van der Waals surface area (Å²) in [7, 11) is 0. The Kier molecular flexibility index (Phi) is 9.66. The van der Waals surface area contributed by atoms with Crippen LogP contribution in [0, 0.1) is 13.8 Å². The minimum atomic E-state index is -0.649. The van der Waals surface area contributed by atoms with E-state index in [9.17, 15) is 9.59 Å². The van der Waals surface area contributed by atoms with E-state index in [1.54, 1.807) is 23.1 Å². The quantitative estimate of drug-likeness (QED) is 0.439. The number of aryl methyl sites for hydroxylation is 2. The summed E-state index contributed by atoms with van der Waals surface area (Å²) >= 11 is 12.8. The SMILES string of the molecule is CC[C@@H](C(=O)NC1CCCCC1)N(Cc1c(Cl)cccc1Cl)C(=O)COc1cc(C)cc(C)c1. The summed E-state index contributed by atoms with van der Waals surface area (Å²) in [5.41, 5.74) is 2.73. The summed E-state index contributed by atoms with van der Waals surface area (Å²) in [4.78, 5) is 28.3. The van der Waals surface area contributed by atoms with E-state index < -0.39 is 6.04 Å². The molecule has 3 rings (SSSR count). The lowest BCUT2D eigenvalue weighted by atomic mass is 9.95. The number of carbonyl (C=O) groups is 2. The molecule has 7 heteroatoms. The van der Waals surface area contributed by atoms with Gasteiger partial charge in [-0.05, 0) is 68.5 Å². The maximum absolute atomic E-state index is 13.4. The molecule has 1 N–H and O–H groups in total. The average molecular weight is 505 g/mol. The molecule has 0 spiro atoms. The van der Waals surface area contributed by atoms with E-state index in [0.717, 1.165) is 36.8 Å². The summed E-state index contributed by atoms with van der Waals surface area (Å²) in [6.07, 6.45) is 5.85. The third-order valence-corrected chi connectivity index (χ3v) is 6.99. The zero-order valence-corrected chi connectivity index (χ0v) is 21.7. The van der Waals surface area contributed by atoms with Crippen LogP contribution in [0.3, 0.4) is 0 Å². The van der Waals surface area contributed by atoms with Crippen LogP contribution < -0.4 is 10.1 Å². The van der Waals surface area contributed by atoms with Crippen molar-refractivity contribution in [3.63, 3.8) is 0 Å². The van der Waals surface area contributed by atoms with Gasteiger partial charge < -0.3 is 15.0 Å². The topological polar surface area (TPSA) is 58.6 Å². The van der Waals surface area contributed by atoms with Crippen LogP contribution in [0.5, 0.6) is 5.75 Å². The monoisotopic (exact) mass is 504 g/mol. The maximum Gasteiger partial charge on any atom is 0.261 e. The Morgan fingerprint density at radius 1 is 1.06 bits per heavy atom. The summed E-state index contributed by atoms with van der Waals surface area (Å²) in [5.74, 6) is 0.194. The molecule has 1 atom stereocenters. The van der Waals surface area contributed by atoms with E-state index in [2.05, 4.69) is 5.32 Å². The average Bonchev–Trinajstić information content (AvgIpc) is 2.79. The van der Waals surface area contributed by atoms with Crippen molar-refractivity contribution < 1.29 is 14.3 Å². The van der Waals surface area contributed by atoms with Gasteiger partial charge in [0.2, 0.25) is 5.91 Å². The molecule has 0 heterocycles. The van der Waals surface area contributed by atoms with E-state index in [-0.39, 0.29) is 31.0 Å². The molecule has 0 bridgehead atoms. The lowest BCUT2D eigenvalue weighted by molar-refractivity contribution is -0.143. The Labute approximate surface area is 212 Å². The Bertz CT molecular complexity index is 965. The van der Waals surface area contributed by atoms with Crippen LogP contribution >= 0.6 is 23.2 Å². The van der Waals surface area contributed by atoms with E-state index in [4.69, 9.17) is 27.9 Å². The number of nitrogens with zero attached hydrogens (tertiary/aromatic N) is 1. The highest BCUT2D eigenvalue weighted by Gasteiger charge is 2.31. The van der Waals surface area contributed by atoms with Gasteiger partial charge in [0.25, 0.3) is 5.91 Å². The first-order valence-electron chi connectivity index (χ1n) is 12.0. The number of amides is 2. The molecular formula is C27H34Cl2N2O3. The highest BCUT2D eigenvalue weighted by atomic mass is 35.5. The zero-order valence-electron chi connectivity index (χ0n) is 20.2. The summed E-state index contributed by atoms with van der Waals surface area (Å²) in [5, 5.41) is 4.09. The molecule has 0 aromatic heterocycles. The van der Waals surface area contributed by atoms with Crippen LogP contribution in [0.2, 0.25) is 10.0 Å². The van der Waals surface area contributed by atoms with Gasteiger partial charge in [0.05, 0.1) is 0 Å². The molecule has 0 radical (unpaired) electrons. The van der Waals surface area contributed by atoms with Crippen molar-refractivity contribution in [1.82, 2.24) is 10.2 Å². The van der Waals surface area contributed by atoms with Gasteiger partial charge in [-0.3, -0.25) is 9.59 Å². The van der Waals surface area contributed by atoms with Crippen molar-refractivity contribution in [2.24, 2.45) is 0 Å². The fourth-order valence-corrected chi connectivity index (χ4v) is 5.08. The van der Waals surface area contributed by atoms with Crippen molar-refractivity contribution in [2.45, 2.75) is 77.9 Å². The molecule has 34 heavy (non-hydrogen) atoms. The highest BCUT2D eigenvalue weighted by molar-refractivity contribution is 6.36. The molecule has 0 saturated heterocycles. The van der Waals surface area contributed by atoms with Crippen molar-refractivity contribution in [3.8, 4) is 5.75 Å². The smallest absolute Gasteiger partial charge is 0.261 e. The lowest BCUT2D eigenvalue weighted by Gasteiger charge is -2.33. The lowest BCUT2D eigenvalue weighted by Crippen LogP contribution is -2.52. The Morgan fingerprint density at radius 2 is 1.68 bits per heavy atom. The number of ether oxygens (including phenoxy) is 1. The molecule has 5 nitrogen and oxygen atoms in total. The molecular weight excluding hydrogens is 471 g/mol. The Hall–Kier alpha value is -2.24. The molecule has 1 aliphatic rings. The number of halogens is 2. The molecule has 2 amide bonds. The normalized spacial score (nSPS) is 15.0. The van der Waals surface area contributed by atoms with Gasteiger partial charge >= 0.3 is 0 Å². The number of benzene rings is 2. The third kappa shape index (κ3) is 7.13. The molecule has 1 aliphatic carbocycles. The molecule has 1 fully saturated rings. The van der Waals surface area contributed by atoms with Gasteiger partial charge in [0.15, 0.2) is 6.61 Å². The van der Waals surface area contributed by atoms with Gasteiger partial charge in [-0.15, -0.1) is 0 Å². The van der Waals surface area contributed by atoms with Crippen molar-refractivity contribution >= 4 is 35.0 Å². The van der Waals surface area contributed by atoms with Crippen molar-refractivity contribution in [2.75, 3.05) is 6.61 Å². The second-order valence-electron chi connectivity index (χ2n) is 9.10. The minimum Gasteiger partial charge on any atom is -0.484 e. The zero-order chi connectivity index (χ0) is 24.7. The van der Waals surface area contributed by atoms with Crippen LogP contribution in [-0.2, 0) is 16.1 Å². The Morgan fingerprint density at radius 3 is 2.26 bits per heavy atom. The van der Waals surface area contributed by atoms with Crippen LogP contribution in [0.1, 0.15) is 62.1 Å². The first kappa shape index (κ1) is 26.4. The van der Waals surface area contributed by atoms with Crippen LogP contribution in [-0.4, -0.2) is 35.4 Å². The second kappa shape index (κ2) is 12.5. The second-order valence-corrected chi connectivity index (χ2v) is 9.92. The van der Waals surface area contributed by atoms with Crippen LogP contribution in [0.25, 0.3) is 0 Å². The van der Waals surface area contributed by atoms with Crippen molar-refractivity contribution in [1.29, 1.82) is 0 Å². The van der Waals surface area contributed by atoms with E-state index >= 15 is 0 Å². The fourth-order valence-electron chi connectivity index (χ4n) is 4.56. The van der Waals surface area contributed by atoms with Gasteiger partial charge in [-0.1, -0.05) is 61.5 Å². The maximum atomic E-state index is 13.4. The number of carbonyl (C=O) groups excluding carboxylic acids is 2. The largest absolute Gasteiger partial charge is 0.484 e. The molecule has 0 aliphatic heterocycles. The highest BCUT2D eigenvalue weighted by Crippen LogP contribution is 2.27. The summed E-state index contributed by atoms with van der Waals surface area (Å²) in [6, 6.07) is 10.6. The van der Waals surface area contributed by atoms with E-state index in [1.807, 2.05) is 39.0 Å². The predicted octanol–water partition coefficient (Wildman–Crippen LogP) is 6.25. The van der Waals surface area contributed by atoms with Gasteiger partial charge in [0.1, 0.15) is 11.8 Å². The van der Waals surface area contributed by atoms with Gasteiger partial charge in [0, 0.05) is 28.2 Å². The third-order valence-electron chi connectivity index (χ3n) is 6.29.